The molecule has 1 aliphatic heterocycles. The van der Waals surface area contributed by atoms with Crippen molar-refractivity contribution in [3.63, 3.8) is 0 Å². The second-order valence-electron chi connectivity index (χ2n) is 1.84. The van der Waals surface area contributed by atoms with Gasteiger partial charge in [0.05, 0.1) is 31.3 Å². The number of ether oxygens (including phenoxy) is 1. The SMILES string of the molecule is N#C[C@@H]1COC[C@H]1O. The standard InChI is InChI=1S/C5H7NO2/c6-1-4-2-8-3-5(4)7/h4-5,7H,2-3H2/t4-,5-/m1/s1. The normalized spacial score (nSPS) is 37.0. The fourth-order valence-electron chi connectivity index (χ4n) is 0.666. The molecule has 8 heavy (non-hydrogen) atoms. The van der Waals surface area contributed by atoms with Crippen molar-refractivity contribution in [2.75, 3.05) is 13.2 Å². The van der Waals surface area contributed by atoms with E-state index >= 15 is 0 Å². The van der Waals surface area contributed by atoms with E-state index < -0.39 is 6.10 Å². The van der Waals surface area contributed by atoms with E-state index in [1.54, 1.807) is 0 Å². The van der Waals surface area contributed by atoms with Crippen LogP contribution in [0.25, 0.3) is 0 Å². The number of aliphatic hydroxyl groups excluding tert-OH is 1. The Morgan fingerprint density at radius 2 is 2.38 bits per heavy atom. The molecule has 1 rings (SSSR count). The van der Waals surface area contributed by atoms with E-state index in [1.807, 2.05) is 6.07 Å². The minimum Gasteiger partial charge on any atom is -0.389 e. The second-order valence-corrected chi connectivity index (χ2v) is 1.84. The number of nitriles is 1. The van der Waals surface area contributed by atoms with E-state index in [1.165, 1.54) is 0 Å². The molecule has 1 saturated heterocycles. The lowest BCUT2D eigenvalue weighted by Crippen LogP contribution is -2.15. The summed E-state index contributed by atoms with van der Waals surface area (Å²) in [6.45, 7) is 0.704. The molecular weight excluding hydrogens is 106 g/mol. The quantitative estimate of drug-likeness (QED) is 0.461. The summed E-state index contributed by atoms with van der Waals surface area (Å²) in [5.41, 5.74) is 0. The summed E-state index contributed by atoms with van der Waals surface area (Å²) < 4.78 is 4.79. The molecule has 1 fully saturated rings. The van der Waals surface area contributed by atoms with Crippen molar-refractivity contribution in [3.05, 3.63) is 0 Å². The van der Waals surface area contributed by atoms with Gasteiger partial charge in [-0.3, -0.25) is 0 Å². The van der Waals surface area contributed by atoms with Gasteiger partial charge in [-0.1, -0.05) is 0 Å². The Hall–Kier alpha value is -0.590. The zero-order chi connectivity index (χ0) is 5.98. The molecule has 0 spiro atoms. The van der Waals surface area contributed by atoms with Crippen molar-refractivity contribution in [1.82, 2.24) is 0 Å². The molecule has 0 aromatic carbocycles. The minimum atomic E-state index is -0.556. The second kappa shape index (κ2) is 2.12. The van der Waals surface area contributed by atoms with Crippen molar-refractivity contribution in [1.29, 1.82) is 5.26 Å². The van der Waals surface area contributed by atoms with Crippen LogP contribution >= 0.6 is 0 Å². The topological polar surface area (TPSA) is 53.2 Å². The fraction of sp³-hybridized carbons (Fsp3) is 0.800. The molecule has 0 aliphatic carbocycles. The van der Waals surface area contributed by atoms with Crippen LogP contribution in [0.3, 0.4) is 0 Å². The summed E-state index contributed by atoms with van der Waals surface area (Å²) in [4.78, 5) is 0. The van der Waals surface area contributed by atoms with Crippen LogP contribution in [0.1, 0.15) is 0 Å². The van der Waals surface area contributed by atoms with Gasteiger partial charge in [-0.15, -0.1) is 0 Å². The maximum atomic E-state index is 8.84. The Bertz CT molecular complexity index is 118. The first-order chi connectivity index (χ1) is 3.84. The van der Waals surface area contributed by atoms with Gasteiger partial charge in [-0.25, -0.2) is 0 Å². The lowest BCUT2D eigenvalue weighted by molar-refractivity contribution is 0.123. The third kappa shape index (κ3) is 0.808. The summed E-state index contributed by atoms with van der Waals surface area (Å²) in [6.07, 6.45) is -0.556. The third-order valence-corrected chi connectivity index (χ3v) is 1.22. The summed E-state index contributed by atoms with van der Waals surface area (Å²) in [6, 6.07) is 1.94. The van der Waals surface area contributed by atoms with E-state index in [-0.39, 0.29) is 5.92 Å². The first-order valence-electron chi connectivity index (χ1n) is 2.50. The Balaban J connectivity index is 2.45. The minimum absolute atomic E-state index is 0.296. The number of nitrogens with zero attached hydrogens (tertiary/aromatic N) is 1. The van der Waals surface area contributed by atoms with E-state index in [9.17, 15) is 0 Å². The molecule has 0 bridgehead atoms. The van der Waals surface area contributed by atoms with Gasteiger partial charge in [0.15, 0.2) is 0 Å². The van der Waals surface area contributed by atoms with Crippen molar-refractivity contribution in [3.8, 4) is 6.07 Å². The highest BCUT2D eigenvalue weighted by molar-refractivity contribution is 4.91. The molecule has 0 aromatic rings. The van der Waals surface area contributed by atoms with Crippen LogP contribution in [-0.2, 0) is 4.74 Å². The number of aliphatic hydroxyl groups is 1. The van der Waals surface area contributed by atoms with Crippen molar-refractivity contribution in [2.24, 2.45) is 5.92 Å². The highest BCUT2D eigenvalue weighted by atomic mass is 16.5. The number of rotatable bonds is 0. The van der Waals surface area contributed by atoms with Crippen LogP contribution in [0.5, 0.6) is 0 Å². The molecule has 1 aliphatic rings. The first kappa shape index (κ1) is 5.54. The van der Waals surface area contributed by atoms with E-state index in [4.69, 9.17) is 15.1 Å². The Morgan fingerprint density at radius 3 is 2.62 bits per heavy atom. The smallest absolute Gasteiger partial charge is 0.0978 e. The Morgan fingerprint density at radius 1 is 1.62 bits per heavy atom. The lowest BCUT2D eigenvalue weighted by atomic mass is 10.1. The van der Waals surface area contributed by atoms with Gasteiger partial charge in [0, 0.05) is 0 Å². The van der Waals surface area contributed by atoms with E-state index in [0.717, 1.165) is 0 Å². The van der Waals surface area contributed by atoms with Gasteiger partial charge in [0.1, 0.15) is 0 Å². The van der Waals surface area contributed by atoms with Crippen molar-refractivity contribution in [2.45, 2.75) is 6.10 Å². The van der Waals surface area contributed by atoms with Crippen molar-refractivity contribution < 1.29 is 9.84 Å². The molecule has 3 heteroatoms. The number of hydrogen-bond acceptors (Lipinski definition) is 3. The predicted molar refractivity (Wildman–Crippen MR) is 25.9 cm³/mol. The van der Waals surface area contributed by atoms with Crippen LogP contribution < -0.4 is 0 Å². The maximum Gasteiger partial charge on any atom is 0.0978 e. The third-order valence-electron chi connectivity index (χ3n) is 1.22. The fourth-order valence-corrected chi connectivity index (χ4v) is 0.666. The molecule has 0 radical (unpaired) electrons. The average Bonchev–Trinajstić information content (AvgIpc) is 2.14. The molecule has 0 aromatic heterocycles. The lowest BCUT2D eigenvalue weighted by Gasteiger charge is -1.98. The first-order valence-corrected chi connectivity index (χ1v) is 2.50. The average molecular weight is 113 g/mol. The van der Waals surface area contributed by atoms with E-state index in [2.05, 4.69) is 0 Å². The van der Waals surface area contributed by atoms with Gasteiger partial charge in [-0.05, 0) is 0 Å². The largest absolute Gasteiger partial charge is 0.389 e. The number of hydrogen-bond donors (Lipinski definition) is 1. The van der Waals surface area contributed by atoms with Crippen molar-refractivity contribution >= 4 is 0 Å². The molecule has 44 valence electrons. The zero-order valence-electron chi connectivity index (χ0n) is 4.37. The molecule has 0 unspecified atom stereocenters. The van der Waals surface area contributed by atoms with Crippen LogP contribution in [0, 0.1) is 17.2 Å². The predicted octanol–water partition coefficient (Wildman–Crippen LogP) is -0.483. The molecular formula is C5H7NO2. The van der Waals surface area contributed by atoms with Gasteiger partial charge in [0.2, 0.25) is 0 Å². The monoisotopic (exact) mass is 113 g/mol. The molecule has 1 heterocycles. The van der Waals surface area contributed by atoms with Gasteiger partial charge in [-0.2, -0.15) is 5.26 Å². The van der Waals surface area contributed by atoms with E-state index in [0.29, 0.717) is 13.2 Å². The molecule has 0 saturated carbocycles. The summed E-state index contributed by atoms with van der Waals surface area (Å²) in [7, 11) is 0. The molecule has 0 amide bonds. The summed E-state index contributed by atoms with van der Waals surface area (Å²) in [5.74, 6) is -0.296. The molecule has 1 N–H and O–H groups in total. The van der Waals surface area contributed by atoms with Crippen LogP contribution in [-0.4, -0.2) is 24.4 Å². The van der Waals surface area contributed by atoms with Crippen LogP contribution in [0.15, 0.2) is 0 Å². The summed E-state index contributed by atoms with van der Waals surface area (Å²) in [5, 5.41) is 17.1. The summed E-state index contributed by atoms with van der Waals surface area (Å²) >= 11 is 0. The zero-order valence-corrected chi connectivity index (χ0v) is 4.37. The maximum absolute atomic E-state index is 8.84. The highest BCUT2D eigenvalue weighted by Gasteiger charge is 2.25. The molecule has 2 atom stereocenters. The highest BCUT2D eigenvalue weighted by Crippen LogP contribution is 2.10. The van der Waals surface area contributed by atoms with Crippen LogP contribution in [0.4, 0.5) is 0 Å². The van der Waals surface area contributed by atoms with Gasteiger partial charge >= 0.3 is 0 Å². The Kier molecular flexibility index (Phi) is 1.47. The molecule has 3 nitrogen and oxygen atoms in total. The van der Waals surface area contributed by atoms with Crippen LogP contribution in [0.2, 0.25) is 0 Å². The van der Waals surface area contributed by atoms with Gasteiger partial charge < -0.3 is 9.84 Å². The Labute approximate surface area is 47.5 Å². The van der Waals surface area contributed by atoms with Gasteiger partial charge in [0.25, 0.3) is 0 Å².